The monoisotopic (exact) mass is 356 g/mol. The quantitative estimate of drug-likeness (QED) is 0.846. The van der Waals surface area contributed by atoms with E-state index in [0.717, 1.165) is 0 Å². The number of carbonyl (C=O) groups excluding carboxylic acids is 2. The van der Waals surface area contributed by atoms with Gasteiger partial charge in [-0.1, -0.05) is 12.1 Å². The number of methoxy groups -OCH3 is 1. The van der Waals surface area contributed by atoms with Crippen molar-refractivity contribution in [3.05, 3.63) is 48.0 Å². The van der Waals surface area contributed by atoms with Gasteiger partial charge in [0.2, 0.25) is 5.91 Å². The molecule has 8 nitrogen and oxygen atoms in total. The molecule has 0 atom stereocenters. The molecule has 1 heterocycles. The minimum Gasteiger partial charge on any atom is -0.495 e. The summed E-state index contributed by atoms with van der Waals surface area (Å²) < 4.78 is 10.5. The highest BCUT2D eigenvalue weighted by atomic mass is 16.5. The van der Waals surface area contributed by atoms with Crippen molar-refractivity contribution in [2.45, 2.75) is 0 Å². The smallest absolute Gasteiger partial charge is 0.335 e. The molecule has 134 valence electrons. The topological polar surface area (TPSA) is 105 Å². The molecular weight excluding hydrogens is 340 g/mol. The summed E-state index contributed by atoms with van der Waals surface area (Å²) in [6.45, 7) is -0.502. The van der Waals surface area contributed by atoms with Crippen molar-refractivity contribution in [3.63, 3.8) is 0 Å². The van der Waals surface area contributed by atoms with E-state index in [1.807, 2.05) is 0 Å². The fourth-order valence-corrected chi connectivity index (χ4v) is 2.59. The second-order valence-corrected chi connectivity index (χ2v) is 5.50. The average molecular weight is 356 g/mol. The van der Waals surface area contributed by atoms with Crippen molar-refractivity contribution < 1.29 is 29.0 Å². The maximum absolute atomic E-state index is 12.4. The Morgan fingerprint density at radius 1 is 1.27 bits per heavy atom. The van der Waals surface area contributed by atoms with Crippen molar-refractivity contribution in [1.82, 2.24) is 0 Å². The normalized spacial score (nSPS) is 12.8. The van der Waals surface area contributed by atoms with Gasteiger partial charge in [0.15, 0.2) is 6.61 Å². The summed E-state index contributed by atoms with van der Waals surface area (Å²) in [5, 5.41) is 11.8. The highest BCUT2D eigenvalue weighted by Gasteiger charge is 2.28. The van der Waals surface area contributed by atoms with Gasteiger partial charge in [0.05, 0.1) is 24.0 Å². The maximum Gasteiger partial charge on any atom is 0.335 e. The number of rotatable bonds is 5. The number of carboxylic acid groups (broad SMARTS) is 1. The Morgan fingerprint density at radius 2 is 2.04 bits per heavy atom. The molecule has 0 saturated carbocycles. The van der Waals surface area contributed by atoms with Gasteiger partial charge in [-0.2, -0.15) is 0 Å². The maximum atomic E-state index is 12.4. The lowest BCUT2D eigenvalue weighted by atomic mass is 10.1. The zero-order chi connectivity index (χ0) is 18.7. The summed E-state index contributed by atoms with van der Waals surface area (Å²) >= 11 is 0. The zero-order valence-corrected chi connectivity index (χ0v) is 13.9. The van der Waals surface area contributed by atoms with Crippen molar-refractivity contribution >= 4 is 29.2 Å². The van der Waals surface area contributed by atoms with Crippen molar-refractivity contribution in [1.29, 1.82) is 0 Å². The van der Waals surface area contributed by atoms with Gasteiger partial charge in [-0.15, -0.1) is 0 Å². The molecule has 26 heavy (non-hydrogen) atoms. The summed E-state index contributed by atoms with van der Waals surface area (Å²) in [5.41, 5.74) is 0.716. The third-order valence-corrected chi connectivity index (χ3v) is 3.83. The lowest BCUT2D eigenvalue weighted by Crippen LogP contribution is -2.43. The molecular formula is C18H16N2O6. The molecule has 0 saturated heterocycles. The number of hydrogen-bond donors (Lipinski definition) is 2. The fraction of sp³-hybridized carbons (Fsp3) is 0.167. The number of carbonyl (C=O) groups is 3. The molecule has 1 aliphatic heterocycles. The molecule has 0 unspecified atom stereocenters. The average Bonchev–Trinajstić information content (AvgIpc) is 2.64. The van der Waals surface area contributed by atoms with Gasteiger partial charge in [-0.05, 0) is 30.3 Å². The number of anilines is 2. The van der Waals surface area contributed by atoms with Gasteiger partial charge in [0.25, 0.3) is 5.91 Å². The van der Waals surface area contributed by atoms with E-state index in [1.165, 1.54) is 30.2 Å². The molecule has 0 bridgehead atoms. The molecule has 2 aromatic rings. The van der Waals surface area contributed by atoms with Gasteiger partial charge in [-0.25, -0.2) is 4.79 Å². The lowest BCUT2D eigenvalue weighted by molar-refractivity contribution is -0.123. The number of fused-ring (bicyclic) bond motifs is 1. The van der Waals surface area contributed by atoms with E-state index in [1.54, 1.807) is 24.3 Å². The molecule has 0 aliphatic carbocycles. The Balaban J connectivity index is 1.83. The standard InChI is InChI=1S/C18H16N2O6/c1-25-14-5-3-2-4-12(14)19-16(21)9-20-13-8-11(18(23)24)6-7-15(13)26-10-17(20)22/h2-8H,9-10H2,1H3,(H,19,21)(H,23,24). The molecule has 8 heteroatoms. The first-order valence-corrected chi connectivity index (χ1v) is 7.73. The van der Waals surface area contributed by atoms with Crippen LogP contribution in [0, 0.1) is 0 Å². The van der Waals surface area contributed by atoms with Crippen LogP contribution in [-0.2, 0) is 9.59 Å². The fourth-order valence-electron chi connectivity index (χ4n) is 2.59. The van der Waals surface area contributed by atoms with Crippen molar-refractivity contribution in [3.8, 4) is 11.5 Å². The number of aromatic carboxylic acids is 1. The van der Waals surface area contributed by atoms with Crippen LogP contribution < -0.4 is 19.7 Å². The van der Waals surface area contributed by atoms with Crippen LogP contribution in [-0.4, -0.2) is 43.2 Å². The van der Waals surface area contributed by atoms with E-state index in [2.05, 4.69) is 5.32 Å². The van der Waals surface area contributed by atoms with Gasteiger partial charge >= 0.3 is 5.97 Å². The highest BCUT2D eigenvalue weighted by molar-refractivity contribution is 6.06. The van der Waals surface area contributed by atoms with E-state index in [-0.39, 0.29) is 24.4 Å². The van der Waals surface area contributed by atoms with E-state index in [4.69, 9.17) is 14.6 Å². The molecule has 0 spiro atoms. The highest BCUT2D eigenvalue weighted by Crippen LogP contribution is 2.33. The summed E-state index contributed by atoms with van der Waals surface area (Å²) in [7, 11) is 1.49. The van der Waals surface area contributed by atoms with Gasteiger partial charge in [0.1, 0.15) is 18.0 Å². The molecule has 1 aliphatic rings. The van der Waals surface area contributed by atoms with Gasteiger partial charge in [-0.3, -0.25) is 14.5 Å². The molecule has 0 radical (unpaired) electrons. The number of carboxylic acids is 1. The van der Waals surface area contributed by atoms with E-state index < -0.39 is 17.8 Å². The van der Waals surface area contributed by atoms with Crippen LogP contribution in [0.1, 0.15) is 10.4 Å². The summed E-state index contributed by atoms with van der Waals surface area (Å²) in [6.07, 6.45) is 0. The van der Waals surface area contributed by atoms with Crippen LogP contribution in [0.25, 0.3) is 0 Å². The Morgan fingerprint density at radius 3 is 2.77 bits per heavy atom. The summed E-state index contributed by atoms with van der Waals surface area (Å²) in [6, 6.07) is 11.0. The van der Waals surface area contributed by atoms with Crippen molar-refractivity contribution in [2.24, 2.45) is 0 Å². The second kappa shape index (κ2) is 7.14. The molecule has 0 aromatic heterocycles. The number of benzene rings is 2. The number of nitrogens with zero attached hydrogens (tertiary/aromatic N) is 1. The van der Waals surface area contributed by atoms with Crippen LogP contribution in [0.15, 0.2) is 42.5 Å². The molecule has 2 aromatic carbocycles. The zero-order valence-electron chi connectivity index (χ0n) is 13.9. The first kappa shape index (κ1) is 17.3. The Labute approximate surface area is 148 Å². The summed E-state index contributed by atoms with van der Waals surface area (Å²) in [4.78, 5) is 37.0. The Bertz CT molecular complexity index is 880. The van der Waals surface area contributed by atoms with Crippen LogP contribution >= 0.6 is 0 Å². The van der Waals surface area contributed by atoms with E-state index in [0.29, 0.717) is 17.2 Å². The molecule has 3 rings (SSSR count). The lowest BCUT2D eigenvalue weighted by Gasteiger charge is -2.29. The second-order valence-electron chi connectivity index (χ2n) is 5.50. The minimum atomic E-state index is -1.13. The number of hydrogen-bond acceptors (Lipinski definition) is 5. The number of ether oxygens (including phenoxy) is 2. The van der Waals surface area contributed by atoms with Crippen LogP contribution in [0.3, 0.4) is 0 Å². The van der Waals surface area contributed by atoms with Crippen molar-refractivity contribution in [2.75, 3.05) is 30.5 Å². The SMILES string of the molecule is COc1ccccc1NC(=O)CN1C(=O)COc2ccc(C(=O)O)cc21. The first-order valence-electron chi connectivity index (χ1n) is 7.73. The predicted molar refractivity (Wildman–Crippen MR) is 92.9 cm³/mol. The number of para-hydroxylation sites is 2. The Hall–Kier alpha value is -3.55. The third-order valence-electron chi connectivity index (χ3n) is 3.83. The van der Waals surface area contributed by atoms with Crippen LogP contribution in [0.4, 0.5) is 11.4 Å². The molecule has 2 amide bonds. The minimum absolute atomic E-state index is 0.00260. The van der Waals surface area contributed by atoms with E-state index in [9.17, 15) is 14.4 Å². The third kappa shape index (κ3) is 3.44. The largest absolute Gasteiger partial charge is 0.495 e. The molecule has 0 fully saturated rings. The molecule has 2 N–H and O–H groups in total. The first-order chi connectivity index (χ1) is 12.5. The number of nitrogens with one attached hydrogen (secondary N) is 1. The Kier molecular flexibility index (Phi) is 4.74. The summed E-state index contributed by atoms with van der Waals surface area (Å²) in [5.74, 6) is -1.18. The van der Waals surface area contributed by atoms with E-state index >= 15 is 0 Å². The number of amides is 2. The van der Waals surface area contributed by atoms with Crippen LogP contribution in [0.2, 0.25) is 0 Å². The van der Waals surface area contributed by atoms with Gasteiger partial charge < -0.3 is 19.9 Å². The van der Waals surface area contributed by atoms with Gasteiger partial charge in [0, 0.05) is 0 Å². The predicted octanol–water partition coefficient (Wildman–Crippen LogP) is 1.76. The van der Waals surface area contributed by atoms with Crippen LogP contribution in [0.5, 0.6) is 11.5 Å².